The maximum Gasteiger partial charge on any atom is 0.335 e. The Balaban J connectivity index is 0. The number of rotatable bonds is 7. The Kier molecular flexibility index (Phi) is 10.3. The van der Waals surface area contributed by atoms with E-state index in [9.17, 15) is 14.7 Å². The van der Waals surface area contributed by atoms with Crippen molar-refractivity contribution in [3.63, 3.8) is 0 Å². The fraction of sp³-hybridized carbons (Fsp3) is 0.833. The Morgan fingerprint density at radius 2 is 1.26 bits per heavy atom. The van der Waals surface area contributed by atoms with Crippen LogP contribution in [0.3, 0.4) is 0 Å². The highest BCUT2D eigenvalue weighted by Gasteiger charge is 2.24. The normalized spacial score (nSPS) is 14.0. The van der Waals surface area contributed by atoms with E-state index in [0.29, 0.717) is 0 Å². The fourth-order valence-electron chi connectivity index (χ4n) is 1.61. The quantitative estimate of drug-likeness (QED) is 0.484. The third-order valence-electron chi connectivity index (χ3n) is 3.48. The molecule has 0 amide bonds. The molecule has 114 valence electrons. The van der Waals surface area contributed by atoms with Crippen molar-refractivity contribution < 1.29 is 34.5 Å². The first-order chi connectivity index (χ1) is 8.71. The summed E-state index contributed by atoms with van der Waals surface area (Å²) >= 11 is 0. The van der Waals surface area contributed by atoms with Gasteiger partial charge in [-0.05, 0) is 27.7 Å². The van der Waals surface area contributed by atoms with E-state index in [2.05, 4.69) is 27.7 Å². The molecule has 3 N–H and O–H groups in total. The zero-order valence-electron chi connectivity index (χ0n) is 12.0. The average molecular weight is 279 g/mol. The van der Waals surface area contributed by atoms with Gasteiger partial charge in [0, 0.05) is 0 Å². The van der Waals surface area contributed by atoms with Crippen LogP contribution in [0.25, 0.3) is 0 Å². The lowest BCUT2D eigenvalue weighted by atomic mass is 10.2. The molecular weight excluding hydrogens is 254 g/mol. The van der Waals surface area contributed by atoms with Crippen LogP contribution in [-0.2, 0) is 9.59 Å². The molecule has 0 aromatic heterocycles. The summed E-state index contributed by atoms with van der Waals surface area (Å²) < 4.78 is 1.28. The van der Waals surface area contributed by atoms with E-state index in [1.54, 1.807) is 0 Å². The number of carbonyl (C=O) groups is 2. The molecule has 19 heavy (non-hydrogen) atoms. The van der Waals surface area contributed by atoms with Crippen molar-refractivity contribution in [1.82, 2.24) is 0 Å². The van der Waals surface area contributed by atoms with Crippen LogP contribution in [0, 0.1) is 0 Å². The van der Waals surface area contributed by atoms with Crippen molar-refractivity contribution in [2.75, 3.05) is 26.2 Å². The molecular formula is C12H25NO6. The molecule has 0 aromatic rings. The maximum atomic E-state index is 9.74. The van der Waals surface area contributed by atoms with Crippen molar-refractivity contribution in [3.05, 3.63) is 0 Å². The molecule has 7 heteroatoms. The highest BCUT2D eigenvalue weighted by molar-refractivity contribution is 5.81. The molecule has 0 aromatic carbocycles. The van der Waals surface area contributed by atoms with E-state index >= 15 is 0 Å². The topological polar surface area (TPSA) is 118 Å². The number of aliphatic hydroxyl groups excluding tert-OH is 2. The van der Waals surface area contributed by atoms with E-state index in [-0.39, 0.29) is 0 Å². The van der Waals surface area contributed by atoms with Gasteiger partial charge in [0.05, 0.1) is 32.1 Å². The highest BCUT2D eigenvalue weighted by atomic mass is 16.4. The van der Waals surface area contributed by atoms with Crippen LogP contribution in [0.2, 0.25) is 0 Å². The van der Waals surface area contributed by atoms with Crippen LogP contribution in [-0.4, -0.2) is 70.1 Å². The Hall–Kier alpha value is -1.18. The monoisotopic (exact) mass is 279 g/mol. The Bertz CT molecular complexity index is 242. The van der Waals surface area contributed by atoms with Crippen LogP contribution >= 0.6 is 0 Å². The van der Waals surface area contributed by atoms with E-state index < -0.39 is 24.1 Å². The standard InChI is InChI=1S/C8H20N.C4H6O6/c1-5-9(6-2,7-3)8-4;5-1(3(7)8)2(6)4(9)10/h5-8H2,1-4H3;1-2,5-6H,(H,7,8)(H,9,10)/q+1;/p-1. The number of aliphatic hydroxyl groups is 2. The lowest BCUT2D eigenvalue weighted by molar-refractivity contribution is -0.921. The summed E-state index contributed by atoms with van der Waals surface area (Å²) in [7, 11) is 0. The van der Waals surface area contributed by atoms with Gasteiger partial charge in [-0.3, -0.25) is 0 Å². The average Bonchev–Trinajstić information content (AvgIpc) is 2.40. The first-order valence-corrected chi connectivity index (χ1v) is 6.36. The minimum atomic E-state index is -2.38. The number of carboxylic acid groups (broad SMARTS) is 2. The summed E-state index contributed by atoms with van der Waals surface area (Å²) in [6, 6.07) is 0. The van der Waals surface area contributed by atoms with E-state index in [0.717, 1.165) is 0 Å². The molecule has 2 unspecified atom stereocenters. The second-order valence-corrected chi connectivity index (χ2v) is 4.15. The van der Waals surface area contributed by atoms with Gasteiger partial charge < -0.3 is 29.7 Å². The molecule has 0 saturated heterocycles. The molecule has 0 radical (unpaired) electrons. The molecule has 0 spiro atoms. The van der Waals surface area contributed by atoms with Crippen molar-refractivity contribution in [2.24, 2.45) is 0 Å². The largest absolute Gasteiger partial charge is 0.547 e. The molecule has 0 saturated carbocycles. The van der Waals surface area contributed by atoms with Crippen LogP contribution in [0.1, 0.15) is 27.7 Å². The first-order valence-electron chi connectivity index (χ1n) is 6.36. The van der Waals surface area contributed by atoms with Gasteiger partial charge in [-0.1, -0.05) is 0 Å². The lowest BCUT2D eigenvalue weighted by Crippen LogP contribution is -2.47. The van der Waals surface area contributed by atoms with Crippen LogP contribution < -0.4 is 5.11 Å². The van der Waals surface area contributed by atoms with Crippen molar-refractivity contribution in [3.8, 4) is 0 Å². The third-order valence-corrected chi connectivity index (χ3v) is 3.48. The summed E-state index contributed by atoms with van der Waals surface area (Å²) in [6.45, 7) is 14.2. The molecule has 2 atom stereocenters. The molecule has 0 bridgehead atoms. The molecule has 0 aliphatic carbocycles. The van der Waals surface area contributed by atoms with Crippen LogP contribution in [0.5, 0.6) is 0 Å². The van der Waals surface area contributed by atoms with E-state index in [1.165, 1.54) is 30.7 Å². The SMILES string of the molecule is CC[N+](CC)(CC)CC.O=C([O-])C(O)C(O)C(=O)O. The number of nitrogens with zero attached hydrogens (tertiary/aromatic N) is 1. The number of quaternary nitrogens is 1. The Morgan fingerprint density at radius 3 is 1.32 bits per heavy atom. The van der Waals surface area contributed by atoms with E-state index in [1.807, 2.05) is 0 Å². The zero-order chi connectivity index (χ0) is 15.6. The summed E-state index contributed by atoms with van der Waals surface area (Å²) in [4.78, 5) is 19.4. The van der Waals surface area contributed by atoms with Gasteiger partial charge in [-0.2, -0.15) is 0 Å². The van der Waals surface area contributed by atoms with Gasteiger partial charge in [-0.25, -0.2) is 4.79 Å². The van der Waals surface area contributed by atoms with Gasteiger partial charge in [0.25, 0.3) is 0 Å². The number of hydrogen-bond donors (Lipinski definition) is 3. The molecule has 0 heterocycles. The fourth-order valence-corrected chi connectivity index (χ4v) is 1.61. The second kappa shape index (κ2) is 9.71. The predicted molar refractivity (Wildman–Crippen MR) is 67.1 cm³/mol. The van der Waals surface area contributed by atoms with Gasteiger partial charge >= 0.3 is 5.97 Å². The second-order valence-electron chi connectivity index (χ2n) is 4.15. The molecule has 7 nitrogen and oxygen atoms in total. The van der Waals surface area contributed by atoms with Crippen molar-refractivity contribution in [2.45, 2.75) is 39.9 Å². The summed E-state index contributed by atoms with van der Waals surface area (Å²) in [5.41, 5.74) is 0. The smallest absolute Gasteiger partial charge is 0.335 e. The van der Waals surface area contributed by atoms with Crippen LogP contribution in [0.4, 0.5) is 0 Å². The van der Waals surface area contributed by atoms with Gasteiger partial charge in [0.2, 0.25) is 0 Å². The maximum absolute atomic E-state index is 9.74. The number of hydrogen-bond acceptors (Lipinski definition) is 5. The predicted octanol–water partition coefficient (Wildman–Crippen LogP) is -1.57. The van der Waals surface area contributed by atoms with Crippen molar-refractivity contribution >= 4 is 11.9 Å². The van der Waals surface area contributed by atoms with Crippen LogP contribution in [0.15, 0.2) is 0 Å². The summed E-state index contributed by atoms with van der Waals surface area (Å²) in [5, 5.41) is 34.1. The Morgan fingerprint density at radius 1 is 0.947 bits per heavy atom. The molecule has 0 fully saturated rings. The summed E-state index contributed by atoms with van der Waals surface area (Å²) in [5.74, 6) is -3.83. The van der Waals surface area contributed by atoms with Crippen molar-refractivity contribution in [1.29, 1.82) is 0 Å². The number of carboxylic acids is 2. The zero-order valence-corrected chi connectivity index (χ0v) is 12.0. The third kappa shape index (κ3) is 7.09. The minimum Gasteiger partial charge on any atom is -0.547 e. The lowest BCUT2D eigenvalue weighted by Gasteiger charge is -2.34. The molecule has 0 aliphatic rings. The molecule has 0 rings (SSSR count). The molecule has 0 aliphatic heterocycles. The first kappa shape index (κ1) is 20.1. The summed E-state index contributed by atoms with van der Waals surface area (Å²) in [6.07, 6.45) is -4.71. The van der Waals surface area contributed by atoms with Gasteiger partial charge in [-0.15, -0.1) is 0 Å². The number of carbonyl (C=O) groups excluding carboxylic acids is 1. The number of aliphatic carboxylic acids is 2. The van der Waals surface area contributed by atoms with E-state index in [4.69, 9.17) is 15.3 Å². The Labute approximate surface area is 113 Å². The minimum absolute atomic E-state index is 1.28. The van der Waals surface area contributed by atoms with Gasteiger partial charge in [0.1, 0.15) is 6.10 Å². The van der Waals surface area contributed by atoms with Gasteiger partial charge in [0.15, 0.2) is 6.10 Å². The highest BCUT2D eigenvalue weighted by Crippen LogP contribution is 2.03.